The summed E-state index contributed by atoms with van der Waals surface area (Å²) in [5.41, 5.74) is 6.51. The van der Waals surface area contributed by atoms with Crippen molar-refractivity contribution in [1.82, 2.24) is 4.90 Å². The first-order chi connectivity index (χ1) is 8.08. The molecule has 102 valence electrons. The lowest BCUT2D eigenvalue weighted by Crippen LogP contribution is -2.44. The lowest BCUT2D eigenvalue weighted by molar-refractivity contribution is 0.0660. The maximum Gasteiger partial charge on any atom is 0.257 e. The zero-order chi connectivity index (χ0) is 12.4. The Bertz CT molecular complexity index is 409. The molecule has 18 heavy (non-hydrogen) atoms. The number of carbonyl (C=O) groups is 1. The third kappa shape index (κ3) is 3.49. The number of carbonyl (C=O) groups excluding carboxylic acids is 1. The molecule has 2 heterocycles. The number of piperidine rings is 1. The van der Waals surface area contributed by atoms with Crippen molar-refractivity contribution in [3.05, 3.63) is 22.6 Å². The fraction of sp³-hybridized carbons (Fsp3) is 0.583. The van der Waals surface area contributed by atoms with E-state index in [1.807, 2.05) is 11.8 Å². The third-order valence-corrected chi connectivity index (χ3v) is 3.72. The second kappa shape index (κ2) is 6.59. The van der Waals surface area contributed by atoms with Gasteiger partial charge in [0.25, 0.3) is 5.91 Å². The van der Waals surface area contributed by atoms with Gasteiger partial charge in [0.15, 0.2) is 4.67 Å². The van der Waals surface area contributed by atoms with Gasteiger partial charge in [0, 0.05) is 25.2 Å². The summed E-state index contributed by atoms with van der Waals surface area (Å²) >= 11 is 3.20. The van der Waals surface area contributed by atoms with Crippen LogP contribution in [0.25, 0.3) is 0 Å². The van der Waals surface area contributed by atoms with Crippen molar-refractivity contribution in [3.63, 3.8) is 0 Å². The van der Waals surface area contributed by atoms with Gasteiger partial charge in [-0.25, -0.2) is 0 Å². The van der Waals surface area contributed by atoms with Gasteiger partial charge < -0.3 is 15.1 Å². The molecule has 1 aromatic rings. The number of halogens is 2. The molecule has 1 amide bonds. The molecule has 4 nitrogen and oxygen atoms in total. The maximum atomic E-state index is 12.2. The number of hydrogen-bond donors (Lipinski definition) is 1. The smallest absolute Gasteiger partial charge is 0.257 e. The number of nitrogens with two attached hydrogens (primary N) is 1. The summed E-state index contributed by atoms with van der Waals surface area (Å²) in [7, 11) is 0. The number of furan rings is 1. The summed E-state index contributed by atoms with van der Waals surface area (Å²) in [6, 6.07) is 1.85. The summed E-state index contributed by atoms with van der Waals surface area (Å²) in [4.78, 5) is 14.1. The molecule has 1 saturated heterocycles. The molecule has 0 spiro atoms. The van der Waals surface area contributed by atoms with Crippen LogP contribution in [0.4, 0.5) is 0 Å². The molecule has 0 aliphatic carbocycles. The van der Waals surface area contributed by atoms with Crippen LogP contribution in [0.3, 0.4) is 0 Å². The van der Waals surface area contributed by atoms with E-state index in [9.17, 15) is 4.79 Å². The molecule has 0 saturated carbocycles. The van der Waals surface area contributed by atoms with E-state index < -0.39 is 0 Å². The maximum absolute atomic E-state index is 12.2. The van der Waals surface area contributed by atoms with Crippen molar-refractivity contribution < 1.29 is 9.21 Å². The molecule has 1 aromatic heterocycles. The largest absolute Gasteiger partial charge is 0.457 e. The van der Waals surface area contributed by atoms with Crippen LogP contribution in [0.15, 0.2) is 21.4 Å². The summed E-state index contributed by atoms with van der Waals surface area (Å²) in [5, 5.41) is 0. The van der Waals surface area contributed by atoms with E-state index in [2.05, 4.69) is 15.9 Å². The number of nitrogens with zero attached hydrogens (tertiary/aromatic N) is 1. The molecular formula is C12H18BrClN2O2. The van der Waals surface area contributed by atoms with Crippen LogP contribution < -0.4 is 5.73 Å². The molecule has 1 aliphatic heterocycles. The fourth-order valence-corrected chi connectivity index (χ4v) is 2.57. The van der Waals surface area contributed by atoms with Crippen molar-refractivity contribution in [2.75, 3.05) is 13.1 Å². The number of hydrogen-bond acceptors (Lipinski definition) is 3. The van der Waals surface area contributed by atoms with Crippen molar-refractivity contribution in [2.24, 2.45) is 11.7 Å². The summed E-state index contributed by atoms with van der Waals surface area (Å²) < 4.78 is 5.68. The lowest BCUT2D eigenvalue weighted by atomic mass is 9.92. The van der Waals surface area contributed by atoms with Crippen molar-refractivity contribution in [2.45, 2.75) is 25.8 Å². The molecule has 2 N–H and O–H groups in total. The minimum Gasteiger partial charge on any atom is -0.457 e. The highest BCUT2D eigenvalue weighted by molar-refractivity contribution is 9.10. The standard InChI is InChI=1S/C12H17BrN2O2.ClH/c1-8(14)9-3-2-4-15(6-9)12(16)10-5-11(13)17-7-10;/h5,7-9H,2-4,6,14H2,1H3;1H. The second-order valence-electron chi connectivity index (χ2n) is 4.65. The van der Waals surface area contributed by atoms with E-state index in [1.54, 1.807) is 6.07 Å². The zero-order valence-corrected chi connectivity index (χ0v) is 12.7. The van der Waals surface area contributed by atoms with Crippen LogP contribution in [0.1, 0.15) is 30.1 Å². The average molecular weight is 338 g/mol. The number of rotatable bonds is 2. The Labute approximate surface area is 121 Å². The van der Waals surface area contributed by atoms with Crippen LogP contribution in [-0.2, 0) is 0 Å². The molecule has 0 radical (unpaired) electrons. The van der Waals surface area contributed by atoms with Crippen LogP contribution in [0, 0.1) is 5.92 Å². The number of likely N-dealkylation sites (tertiary alicyclic amines) is 1. The first kappa shape index (κ1) is 15.5. The minimum absolute atomic E-state index is 0. The third-order valence-electron chi connectivity index (χ3n) is 3.30. The monoisotopic (exact) mass is 336 g/mol. The van der Waals surface area contributed by atoms with E-state index >= 15 is 0 Å². The molecule has 2 rings (SSSR count). The predicted molar refractivity (Wildman–Crippen MR) is 75.9 cm³/mol. The molecular weight excluding hydrogens is 320 g/mol. The summed E-state index contributed by atoms with van der Waals surface area (Å²) in [6.07, 6.45) is 3.62. The van der Waals surface area contributed by atoms with Crippen LogP contribution in [0.5, 0.6) is 0 Å². The van der Waals surface area contributed by atoms with Gasteiger partial charge in [-0.2, -0.15) is 0 Å². The second-order valence-corrected chi connectivity index (χ2v) is 5.43. The van der Waals surface area contributed by atoms with Crippen LogP contribution >= 0.6 is 28.3 Å². The molecule has 2 atom stereocenters. The minimum atomic E-state index is 0. The number of amides is 1. The van der Waals surface area contributed by atoms with Gasteiger partial charge in [-0.1, -0.05) is 0 Å². The molecule has 1 aliphatic rings. The Hall–Kier alpha value is -0.520. The molecule has 6 heteroatoms. The van der Waals surface area contributed by atoms with Gasteiger partial charge >= 0.3 is 0 Å². The van der Waals surface area contributed by atoms with Gasteiger partial charge in [-0.15, -0.1) is 12.4 Å². The molecule has 1 fully saturated rings. The Morgan fingerprint density at radius 2 is 2.39 bits per heavy atom. The van der Waals surface area contributed by atoms with Crippen molar-refractivity contribution in [3.8, 4) is 0 Å². The Morgan fingerprint density at radius 3 is 2.94 bits per heavy atom. The van der Waals surface area contributed by atoms with Gasteiger partial charge in [0.05, 0.1) is 5.56 Å². The lowest BCUT2D eigenvalue weighted by Gasteiger charge is -2.34. The van der Waals surface area contributed by atoms with Crippen LogP contribution in [0.2, 0.25) is 0 Å². The SMILES string of the molecule is CC(N)C1CCCN(C(=O)c2coc(Br)c2)C1.Cl. The van der Waals surface area contributed by atoms with E-state index in [0.717, 1.165) is 25.9 Å². The zero-order valence-electron chi connectivity index (χ0n) is 10.3. The molecule has 2 unspecified atom stereocenters. The van der Waals surface area contributed by atoms with E-state index in [1.165, 1.54) is 6.26 Å². The molecule has 0 aromatic carbocycles. The quantitative estimate of drug-likeness (QED) is 0.902. The van der Waals surface area contributed by atoms with Gasteiger partial charge in [-0.05, 0) is 41.6 Å². The first-order valence-corrected chi connectivity index (χ1v) is 6.66. The summed E-state index contributed by atoms with van der Waals surface area (Å²) in [6.45, 7) is 3.57. The highest BCUT2D eigenvalue weighted by Crippen LogP contribution is 2.22. The van der Waals surface area contributed by atoms with Crippen LogP contribution in [-0.4, -0.2) is 29.9 Å². The van der Waals surface area contributed by atoms with E-state index in [-0.39, 0.29) is 24.4 Å². The first-order valence-electron chi connectivity index (χ1n) is 5.87. The average Bonchev–Trinajstić information content (AvgIpc) is 2.75. The van der Waals surface area contributed by atoms with Gasteiger partial charge in [-0.3, -0.25) is 4.79 Å². The summed E-state index contributed by atoms with van der Waals surface area (Å²) in [5.74, 6) is 0.438. The topological polar surface area (TPSA) is 59.5 Å². The van der Waals surface area contributed by atoms with E-state index in [4.69, 9.17) is 10.2 Å². The highest BCUT2D eigenvalue weighted by atomic mass is 79.9. The van der Waals surface area contributed by atoms with Gasteiger partial charge in [0.2, 0.25) is 0 Å². The molecule has 0 bridgehead atoms. The Morgan fingerprint density at radius 1 is 1.67 bits per heavy atom. The normalized spacial score (nSPS) is 21.3. The predicted octanol–water partition coefficient (Wildman–Crippen LogP) is 2.66. The van der Waals surface area contributed by atoms with Gasteiger partial charge in [0.1, 0.15) is 6.26 Å². The van der Waals surface area contributed by atoms with E-state index in [0.29, 0.717) is 16.2 Å². The van der Waals surface area contributed by atoms with Crippen molar-refractivity contribution in [1.29, 1.82) is 0 Å². The highest BCUT2D eigenvalue weighted by Gasteiger charge is 2.27. The Kier molecular flexibility index (Phi) is 5.69. The Balaban J connectivity index is 0.00000162. The van der Waals surface area contributed by atoms with Crippen molar-refractivity contribution >= 4 is 34.2 Å². The fourth-order valence-electron chi connectivity index (χ4n) is 2.23.